The molecule has 6 heteroatoms. The van der Waals surface area contributed by atoms with Crippen LogP contribution in [-0.4, -0.2) is 41.1 Å². The average molecular weight is 429 g/mol. The normalized spacial score (nSPS) is 15.8. The molecule has 0 aliphatic carbocycles. The molecule has 1 aliphatic rings. The summed E-state index contributed by atoms with van der Waals surface area (Å²) in [5.41, 5.74) is 4.92. The lowest BCUT2D eigenvalue weighted by atomic mass is 10.1. The zero-order valence-electron chi connectivity index (χ0n) is 15.9. The van der Waals surface area contributed by atoms with E-state index in [1.165, 1.54) is 16.0 Å². The Bertz CT molecular complexity index is 1000. The fourth-order valence-electron chi connectivity index (χ4n) is 3.61. The smallest absolute Gasteiger partial charge is 0.120 e. The van der Waals surface area contributed by atoms with Crippen molar-refractivity contribution in [1.82, 2.24) is 9.80 Å². The van der Waals surface area contributed by atoms with E-state index in [-0.39, 0.29) is 0 Å². The third-order valence-corrected chi connectivity index (χ3v) is 8.25. The minimum atomic E-state index is 0.380. The van der Waals surface area contributed by atoms with Crippen molar-refractivity contribution in [3.05, 3.63) is 69.0 Å². The summed E-state index contributed by atoms with van der Waals surface area (Å²) in [6, 6.07) is 16.6. The van der Waals surface area contributed by atoms with Crippen molar-refractivity contribution < 1.29 is 5.11 Å². The van der Waals surface area contributed by atoms with Gasteiger partial charge >= 0.3 is 0 Å². The quantitative estimate of drug-likeness (QED) is 0.426. The first-order valence-corrected chi connectivity index (χ1v) is 12.1. The van der Waals surface area contributed by atoms with Gasteiger partial charge in [-0.3, -0.25) is 9.80 Å². The van der Waals surface area contributed by atoms with E-state index in [4.69, 9.17) is 12.2 Å². The third-order valence-electron chi connectivity index (χ3n) is 5.34. The van der Waals surface area contributed by atoms with Crippen LogP contribution >= 0.6 is 32.9 Å². The molecule has 146 valence electrons. The zero-order valence-corrected chi connectivity index (χ0v) is 18.4. The number of rotatable bonds is 5. The highest BCUT2D eigenvalue weighted by Gasteiger charge is 2.19. The lowest BCUT2D eigenvalue weighted by Crippen LogP contribution is -2.45. The van der Waals surface area contributed by atoms with Crippen LogP contribution in [0.3, 0.4) is 0 Å². The number of phenols is 1. The minimum Gasteiger partial charge on any atom is -0.508 e. The lowest BCUT2D eigenvalue weighted by molar-refractivity contribution is 0.121. The molecule has 3 nitrogen and oxygen atoms in total. The standard InChI is InChI=1S/C22H24N2OS3/c1-16-4-2-3-5-18(16)14-23-8-10-24(11-9-23)15-19-12-17(6-7-20(19)25)21-13-22(26)28-27-21/h2-7,12-13,25H,8-11,14-15H2,1H3. The van der Waals surface area contributed by atoms with Gasteiger partial charge in [-0.2, -0.15) is 0 Å². The molecule has 1 N–H and O–H groups in total. The second kappa shape index (κ2) is 8.84. The van der Waals surface area contributed by atoms with Crippen molar-refractivity contribution >= 4 is 32.9 Å². The predicted octanol–water partition coefficient (Wildman–Crippen LogP) is 5.54. The number of phenolic OH excluding ortho intramolecular Hbond substituents is 1. The van der Waals surface area contributed by atoms with E-state index in [1.54, 1.807) is 20.7 Å². The molecule has 2 heterocycles. The summed E-state index contributed by atoms with van der Waals surface area (Å²) in [7, 11) is 3.33. The summed E-state index contributed by atoms with van der Waals surface area (Å²) in [6.45, 7) is 8.14. The molecule has 4 rings (SSSR count). The summed E-state index contributed by atoms with van der Waals surface area (Å²) in [6.07, 6.45) is 0. The number of piperazine rings is 1. The maximum Gasteiger partial charge on any atom is 0.120 e. The van der Waals surface area contributed by atoms with Crippen molar-refractivity contribution in [1.29, 1.82) is 0 Å². The van der Waals surface area contributed by atoms with Crippen LogP contribution in [0.1, 0.15) is 16.7 Å². The topological polar surface area (TPSA) is 26.7 Å². The fraction of sp³-hybridized carbons (Fsp3) is 0.318. The summed E-state index contributed by atoms with van der Waals surface area (Å²) < 4.78 is 0.916. The Morgan fingerprint density at radius 2 is 1.57 bits per heavy atom. The summed E-state index contributed by atoms with van der Waals surface area (Å²) in [4.78, 5) is 6.13. The predicted molar refractivity (Wildman–Crippen MR) is 122 cm³/mol. The SMILES string of the molecule is Cc1ccccc1CN1CCN(Cc2cc(-c3cc(=S)ss3)ccc2O)CC1. The van der Waals surface area contributed by atoms with Gasteiger partial charge in [0.1, 0.15) is 9.57 Å². The molecule has 0 amide bonds. The Balaban J connectivity index is 1.38. The van der Waals surface area contributed by atoms with Crippen LogP contribution in [0.4, 0.5) is 0 Å². The molecule has 3 aromatic rings. The molecule has 1 fully saturated rings. The number of hydrogen-bond donors (Lipinski definition) is 1. The van der Waals surface area contributed by atoms with Gasteiger partial charge in [-0.15, -0.1) is 0 Å². The van der Waals surface area contributed by atoms with E-state index in [1.807, 2.05) is 18.2 Å². The van der Waals surface area contributed by atoms with Crippen LogP contribution in [0.5, 0.6) is 5.75 Å². The monoisotopic (exact) mass is 428 g/mol. The molecule has 0 bridgehead atoms. The van der Waals surface area contributed by atoms with Gasteiger partial charge in [0.25, 0.3) is 0 Å². The van der Waals surface area contributed by atoms with Crippen molar-refractivity contribution in [2.75, 3.05) is 26.2 Å². The van der Waals surface area contributed by atoms with E-state index in [0.717, 1.165) is 54.2 Å². The number of benzene rings is 2. The average Bonchev–Trinajstić information content (AvgIpc) is 3.13. The molecule has 2 aromatic carbocycles. The van der Waals surface area contributed by atoms with Gasteiger partial charge in [0.2, 0.25) is 0 Å². The van der Waals surface area contributed by atoms with Gasteiger partial charge in [-0.1, -0.05) is 57.2 Å². The second-order valence-corrected chi connectivity index (χ2v) is 10.2. The molecule has 0 atom stereocenters. The minimum absolute atomic E-state index is 0.380. The Morgan fingerprint density at radius 1 is 0.893 bits per heavy atom. The van der Waals surface area contributed by atoms with Gasteiger partial charge in [0, 0.05) is 49.7 Å². The highest BCUT2D eigenvalue weighted by Crippen LogP contribution is 2.32. The van der Waals surface area contributed by atoms with Gasteiger partial charge < -0.3 is 5.11 Å². The van der Waals surface area contributed by atoms with Crippen LogP contribution in [0.25, 0.3) is 10.4 Å². The largest absolute Gasteiger partial charge is 0.508 e. The molecule has 1 aromatic heterocycles. The Kier molecular flexibility index (Phi) is 6.23. The van der Waals surface area contributed by atoms with E-state index < -0.39 is 0 Å². The maximum atomic E-state index is 10.3. The highest BCUT2D eigenvalue weighted by molar-refractivity contribution is 7.80. The van der Waals surface area contributed by atoms with Crippen molar-refractivity contribution in [2.24, 2.45) is 0 Å². The Morgan fingerprint density at radius 3 is 2.21 bits per heavy atom. The third kappa shape index (κ3) is 4.70. The number of aryl methyl sites for hydroxylation is 1. The second-order valence-electron chi connectivity index (χ2n) is 7.32. The van der Waals surface area contributed by atoms with Crippen LogP contribution < -0.4 is 0 Å². The number of aromatic hydroxyl groups is 1. The van der Waals surface area contributed by atoms with Crippen LogP contribution in [-0.2, 0) is 13.1 Å². The molecule has 28 heavy (non-hydrogen) atoms. The molecular weight excluding hydrogens is 404 g/mol. The van der Waals surface area contributed by atoms with Crippen LogP contribution in [0, 0.1) is 10.7 Å². The summed E-state index contributed by atoms with van der Waals surface area (Å²) in [5.74, 6) is 0.380. The first-order chi connectivity index (χ1) is 13.6. The lowest BCUT2D eigenvalue weighted by Gasteiger charge is -2.35. The molecule has 0 spiro atoms. The fourth-order valence-corrected chi connectivity index (χ4v) is 6.01. The Hall–Kier alpha value is -1.57. The first-order valence-electron chi connectivity index (χ1n) is 9.50. The molecular formula is C22H24N2OS3. The summed E-state index contributed by atoms with van der Waals surface area (Å²) >= 11 is 5.25. The van der Waals surface area contributed by atoms with Gasteiger partial charge in [0.15, 0.2) is 0 Å². The molecule has 0 saturated carbocycles. The first kappa shape index (κ1) is 19.7. The zero-order chi connectivity index (χ0) is 19.5. The highest BCUT2D eigenvalue weighted by atomic mass is 32.9. The molecule has 0 radical (unpaired) electrons. The maximum absolute atomic E-state index is 10.3. The molecule has 1 aliphatic heterocycles. The number of nitrogens with zero attached hydrogens (tertiary/aromatic N) is 2. The molecule has 1 saturated heterocycles. The molecule has 0 unspecified atom stereocenters. The van der Waals surface area contributed by atoms with Gasteiger partial charge in [-0.05, 0) is 47.9 Å². The van der Waals surface area contributed by atoms with Crippen molar-refractivity contribution in [3.63, 3.8) is 0 Å². The number of hydrogen-bond acceptors (Lipinski definition) is 6. The Labute approximate surface area is 178 Å². The summed E-state index contributed by atoms with van der Waals surface area (Å²) in [5, 5.41) is 10.3. The van der Waals surface area contributed by atoms with E-state index in [2.05, 4.69) is 47.1 Å². The van der Waals surface area contributed by atoms with Gasteiger partial charge in [-0.25, -0.2) is 0 Å². The van der Waals surface area contributed by atoms with Crippen LogP contribution in [0.2, 0.25) is 0 Å². The van der Waals surface area contributed by atoms with Crippen LogP contribution in [0.15, 0.2) is 48.5 Å². The van der Waals surface area contributed by atoms with E-state index >= 15 is 0 Å². The van der Waals surface area contributed by atoms with E-state index in [9.17, 15) is 5.11 Å². The van der Waals surface area contributed by atoms with E-state index in [0.29, 0.717) is 5.75 Å². The van der Waals surface area contributed by atoms with Crippen molar-refractivity contribution in [2.45, 2.75) is 20.0 Å². The van der Waals surface area contributed by atoms with Gasteiger partial charge in [0.05, 0.1) is 0 Å². The van der Waals surface area contributed by atoms with Crippen molar-refractivity contribution in [3.8, 4) is 16.2 Å².